The molecule has 1 aromatic carbocycles. The highest BCUT2D eigenvalue weighted by Gasteiger charge is 2.27. The van der Waals surface area contributed by atoms with Crippen molar-refractivity contribution in [3.63, 3.8) is 0 Å². The van der Waals surface area contributed by atoms with Crippen LogP contribution in [0.4, 0.5) is 5.69 Å². The third-order valence-corrected chi connectivity index (χ3v) is 4.10. The predicted molar refractivity (Wildman–Crippen MR) is 88.7 cm³/mol. The topological polar surface area (TPSA) is 58.2 Å². The number of H-pyrrole nitrogens is 1. The summed E-state index contributed by atoms with van der Waals surface area (Å²) in [6.45, 7) is 2.54. The zero-order valence-electron chi connectivity index (χ0n) is 12.8. The highest BCUT2D eigenvalue weighted by atomic mass is 16.5. The fourth-order valence-corrected chi connectivity index (χ4v) is 3.04. The van der Waals surface area contributed by atoms with E-state index in [9.17, 15) is 4.79 Å². The first-order valence-corrected chi connectivity index (χ1v) is 7.69. The molecule has 1 unspecified atom stereocenters. The third-order valence-electron chi connectivity index (χ3n) is 4.10. The molecule has 5 heteroatoms. The molecule has 0 spiro atoms. The Labute approximate surface area is 133 Å². The molecule has 23 heavy (non-hydrogen) atoms. The smallest absolute Gasteiger partial charge is 0.231 e. The number of anilines is 1. The molecule has 0 saturated heterocycles. The number of hydrogen-bond acceptors (Lipinski definition) is 3. The van der Waals surface area contributed by atoms with Gasteiger partial charge in [-0.15, -0.1) is 0 Å². The molecule has 3 aromatic rings. The summed E-state index contributed by atoms with van der Waals surface area (Å²) in [5, 5.41) is 0.996. The molecule has 1 aliphatic heterocycles. The van der Waals surface area contributed by atoms with Crippen molar-refractivity contribution in [2.75, 3.05) is 11.4 Å². The van der Waals surface area contributed by atoms with E-state index < -0.39 is 0 Å². The minimum absolute atomic E-state index is 0.0153. The fraction of sp³-hybridized carbons (Fsp3) is 0.222. The SMILES string of the molecule is CC1CN(C(=O)Cc2c[nH]c3ncccc23)c2ccccc2O1. The summed E-state index contributed by atoms with van der Waals surface area (Å²) in [6, 6.07) is 11.5. The number of aromatic nitrogens is 2. The highest BCUT2D eigenvalue weighted by molar-refractivity contribution is 5.98. The van der Waals surface area contributed by atoms with E-state index in [2.05, 4.69) is 9.97 Å². The van der Waals surface area contributed by atoms with Crippen molar-refractivity contribution < 1.29 is 9.53 Å². The number of amides is 1. The molecule has 116 valence electrons. The van der Waals surface area contributed by atoms with Crippen LogP contribution in [0.5, 0.6) is 5.75 Å². The van der Waals surface area contributed by atoms with Crippen LogP contribution >= 0.6 is 0 Å². The Bertz CT molecular complexity index is 871. The minimum Gasteiger partial charge on any atom is -0.487 e. The zero-order valence-corrected chi connectivity index (χ0v) is 12.8. The largest absolute Gasteiger partial charge is 0.487 e. The van der Waals surface area contributed by atoms with Gasteiger partial charge in [0.2, 0.25) is 5.91 Å². The third kappa shape index (κ3) is 2.44. The van der Waals surface area contributed by atoms with E-state index in [1.165, 1.54) is 0 Å². The Kier molecular flexibility index (Phi) is 3.26. The predicted octanol–water partition coefficient (Wildman–Crippen LogP) is 2.92. The van der Waals surface area contributed by atoms with Crippen LogP contribution in [0.15, 0.2) is 48.8 Å². The molecule has 0 aliphatic carbocycles. The summed E-state index contributed by atoms with van der Waals surface area (Å²) >= 11 is 0. The van der Waals surface area contributed by atoms with E-state index in [-0.39, 0.29) is 12.0 Å². The van der Waals surface area contributed by atoms with Crippen LogP contribution in [-0.4, -0.2) is 28.5 Å². The van der Waals surface area contributed by atoms with Gasteiger partial charge in [-0.25, -0.2) is 4.98 Å². The number of pyridine rings is 1. The lowest BCUT2D eigenvalue weighted by atomic mass is 10.1. The number of nitrogens with zero attached hydrogens (tertiary/aromatic N) is 2. The molecule has 3 heterocycles. The second-order valence-electron chi connectivity index (χ2n) is 5.79. The average molecular weight is 307 g/mol. The molecule has 0 bridgehead atoms. The van der Waals surface area contributed by atoms with Gasteiger partial charge in [-0.2, -0.15) is 0 Å². The summed E-state index contributed by atoms with van der Waals surface area (Å²) in [7, 11) is 0. The monoisotopic (exact) mass is 307 g/mol. The zero-order chi connectivity index (χ0) is 15.8. The Morgan fingerprint density at radius 3 is 3.13 bits per heavy atom. The number of hydrogen-bond donors (Lipinski definition) is 1. The maximum Gasteiger partial charge on any atom is 0.231 e. The lowest BCUT2D eigenvalue weighted by molar-refractivity contribution is -0.118. The van der Waals surface area contributed by atoms with Crippen LogP contribution in [0.2, 0.25) is 0 Å². The first-order valence-electron chi connectivity index (χ1n) is 7.69. The van der Waals surface area contributed by atoms with E-state index in [1.54, 1.807) is 6.20 Å². The molecular formula is C18H17N3O2. The van der Waals surface area contributed by atoms with Gasteiger partial charge in [-0.3, -0.25) is 4.79 Å². The normalized spacial score (nSPS) is 16.9. The van der Waals surface area contributed by atoms with Gasteiger partial charge >= 0.3 is 0 Å². The van der Waals surface area contributed by atoms with Crippen LogP contribution in [0.1, 0.15) is 12.5 Å². The van der Waals surface area contributed by atoms with Crippen LogP contribution in [0.3, 0.4) is 0 Å². The van der Waals surface area contributed by atoms with Crippen molar-refractivity contribution in [2.45, 2.75) is 19.4 Å². The number of fused-ring (bicyclic) bond motifs is 2. The van der Waals surface area contributed by atoms with Crippen LogP contribution < -0.4 is 9.64 Å². The van der Waals surface area contributed by atoms with Crippen molar-refractivity contribution in [1.82, 2.24) is 9.97 Å². The second-order valence-corrected chi connectivity index (χ2v) is 5.79. The highest BCUT2D eigenvalue weighted by Crippen LogP contribution is 2.33. The molecule has 1 aliphatic rings. The molecule has 1 amide bonds. The van der Waals surface area contributed by atoms with Gasteiger partial charge in [-0.1, -0.05) is 12.1 Å². The van der Waals surface area contributed by atoms with Gasteiger partial charge in [0, 0.05) is 17.8 Å². The molecule has 0 radical (unpaired) electrons. The summed E-state index contributed by atoms with van der Waals surface area (Å²) in [5.41, 5.74) is 2.62. The lowest BCUT2D eigenvalue weighted by Gasteiger charge is -2.33. The Balaban J connectivity index is 1.65. The fourth-order valence-electron chi connectivity index (χ4n) is 3.04. The quantitative estimate of drug-likeness (QED) is 0.792. The van der Waals surface area contributed by atoms with E-state index in [1.807, 2.05) is 54.4 Å². The van der Waals surface area contributed by atoms with Crippen molar-refractivity contribution in [3.05, 3.63) is 54.4 Å². The number of carbonyl (C=O) groups is 1. The van der Waals surface area contributed by atoms with Gasteiger partial charge in [0.05, 0.1) is 18.7 Å². The Morgan fingerprint density at radius 2 is 2.22 bits per heavy atom. The Hall–Kier alpha value is -2.82. The molecule has 4 rings (SSSR count). The Morgan fingerprint density at radius 1 is 1.35 bits per heavy atom. The standard InChI is InChI=1S/C18H17N3O2/c1-12-11-21(15-6-2-3-7-16(15)23-12)17(22)9-13-10-20-18-14(13)5-4-8-19-18/h2-8,10,12H,9,11H2,1H3,(H,19,20). The van der Waals surface area contributed by atoms with Gasteiger partial charge in [-0.05, 0) is 36.8 Å². The molecule has 0 saturated carbocycles. The molecule has 1 atom stereocenters. The maximum absolute atomic E-state index is 12.9. The second kappa shape index (κ2) is 5.43. The van der Waals surface area contributed by atoms with Gasteiger partial charge in [0.1, 0.15) is 17.5 Å². The van der Waals surface area contributed by atoms with Crippen molar-refractivity contribution in [2.24, 2.45) is 0 Å². The van der Waals surface area contributed by atoms with E-state index >= 15 is 0 Å². The number of para-hydroxylation sites is 2. The number of nitrogens with one attached hydrogen (secondary N) is 1. The molecular weight excluding hydrogens is 290 g/mol. The number of carbonyl (C=O) groups excluding carboxylic acids is 1. The van der Waals surface area contributed by atoms with Gasteiger partial charge < -0.3 is 14.6 Å². The first-order chi connectivity index (χ1) is 11.2. The number of benzene rings is 1. The van der Waals surface area contributed by atoms with Crippen molar-refractivity contribution in [3.8, 4) is 5.75 Å². The van der Waals surface area contributed by atoms with E-state index in [4.69, 9.17) is 4.74 Å². The van der Waals surface area contributed by atoms with Crippen molar-refractivity contribution in [1.29, 1.82) is 0 Å². The van der Waals surface area contributed by atoms with Gasteiger partial charge in [0.15, 0.2) is 0 Å². The van der Waals surface area contributed by atoms with Crippen LogP contribution in [0.25, 0.3) is 11.0 Å². The molecule has 0 fully saturated rings. The van der Waals surface area contributed by atoms with Crippen LogP contribution in [0, 0.1) is 0 Å². The molecule has 1 N–H and O–H groups in total. The summed E-state index contributed by atoms with van der Waals surface area (Å²) in [5.74, 6) is 0.831. The van der Waals surface area contributed by atoms with Crippen LogP contribution in [-0.2, 0) is 11.2 Å². The molecule has 2 aromatic heterocycles. The average Bonchev–Trinajstić information content (AvgIpc) is 2.97. The summed E-state index contributed by atoms with van der Waals surface area (Å²) in [4.78, 5) is 22.1. The summed E-state index contributed by atoms with van der Waals surface area (Å²) in [6.07, 6.45) is 3.93. The van der Waals surface area contributed by atoms with E-state index in [0.29, 0.717) is 13.0 Å². The van der Waals surface area contributed by atoms with E-state index in [0.717, 1.165) is 28.0 Å². The first kappa shape index (κ1) is 13.8. The number of aromatic amines is 1. The maximum atomic E-state index is 12.9. The number of ether oxygens (including phenoxy) is 1. The lowest BCUT2D eigenvalue weighted by Crippen LogP contribution is -2.43. The minimum atomic E-state index is -0.0153. The van der Waals surface area contributed by atoms with Crippen molar-refractivity contribution >= 4 is 22.6 Å². The summed E-state index contributed by atoms with van der Waals surface area (Å²) < 4.78 is 5.81. The van der Waals surface area contributed by atoms with Gasteiger partial charge in [0.25, 0.3) is 0 Å². The number of rotatable bonds is 2. The molecule has 5 nitrogen and oxygen atoms in total.